The van der Waals surface area contributed by atoms with Gasteiger partial charge in [0.05, 0.1) is 0 Å². The van der Waals surface area contributed by atoms with Crippen molar-refractivity contribution >= 4 is 11.0 Å². The van der Waals surface area contributed by atoms with E-state index >= 15 is 0 Å². The number of rotatable bonds is 7. The number of likely N-dealkylation sites (tertiary alicyclic amines) is 1. The third kappa shape index (κ3) is 4.62. The second kappa shape index (κ2) is 10.2. The van der Waals surface area contributed by atoms with Gasteiger partial charge in [-0.3, -0.25) is 0 Å². The summed E-state index contributed by atoms with van der Waals surface area (Å²) in [5.41, 5.74) is 5.35. The standard InChI is InChI=1S/C28H31IN3/c1-29-28-30-26-14-8-9-15-27(26)32(28)24-16-19-31(20-17-24)21-18-25(22-10-4-2-5-11-22)23-12-6-3-7-13-23/h2-15,24-25H,16-21H2,1H3/q-1. The molecule has 4 aromatic rings. The number of imidazole rings is 1. The van der Waals surface area contributed by atoms with Crippen LogP contribution in [0.2, 0.25) is 0 Å². The molecule has 0 unspecified atom stereocenters. The third-order valence-electron chi connectivity index (χ3n) is 6.78. The number of fused-ring (bicyclic) bond motifs is 1. The summed E-state index contributed by atoms with van der Waals surface area (Å²) in [5.74, 6) is 0.462. The van der Waals surface area contributed by atoms with Crippen molar-refractivity contribution in [1.82, 2.24) is 14.5 Å². The third-order valence-corrected chi connectivity index (χ3v) is 8.51. The summed E-state index contributed by atoms with van der Waals surface area (Å²) >= 11 is -0.0289. The molecule has 5 rings (SSSR count). The molecule has 166 valence electrons. The van der Waals surface area contributed by atoms with Crippen LogP contribution in [0.4, 0.5) is 0 Å². The van der Waals surface area contributed by atoms with E-state index in [2.05, 4.69) is 99.3 Å². The van der Waals surface area contributed by atoms with Gasteiger partial charge in [-0.05, 0) is 0 Å². The number of piperidine rings is 1. The van der Waals surface area contributed by atoms with Gasteiger partial charge in [0, 0.05) is 0 Å². The van der Waals surface area contributed by atoms with Gasteiger partial charge in [-0.25, -0.2) is 0 Å². The number of hydrogen-bond donors (Lipinski definition) is 0. The Morgan fingerprint density at radius 1 is 0.844 bits per heavy atom. The Hall–Kier alpha value is -2.18. The van der Waals surface area contributed by atoms with E-state index in [4.69, 9.17) is 4.98 Å². The van der Waals surface area contributed by atoms with E-state index in [-0.39, 0.29) is 21.2 Å². The number of hydrogen-bond acceptors (Lipinski definition) is 2. The van der Waals surface area contributed by atoms with Gasteiger partial charge in [0.15, 0.2) is 0 Å². The van der Waals surface area contributed by atoms with Crippen LogP contribution in [0.15, 0.2) is 84.9 Å². The van der Waals surface area contributed by atoms with Crippen molar-refractivity contribution in [3.63, 3.8) is 0 Å². The Labute approximate surface area is 201 Å². The Balaban J connectivity index is 1.26. The van der Waals surface area contributed by atoms with Crippen molar-refractivity contribution in [2.24, 2.45) is 0 Å². The van der Waals surface area contributed by atoms with Crippen LogP contribution in [-0.2, 0) is 0 Å². The van der Waals surface area contributed by atoms with Crippen LogP contribution in [-0.4, -0.2) is 39.0 Å². The van der Waals surface area contributed by atoms with Gasteiger partial charge >= 0.3 is 190 Å². The molecule has 0 radical (unpaired) electrons. The minimum absolute atomic E-state index is 0.0289. The SMILES string of the molecule is C[I-]c1nc2ccccc2n1C1CCN(CCC(c2ccccc2)c2ccccc2)CC1. The molecule has 0 saturated carbocycles. The van der Waals surface area contributed by atoms with E-state index in [1.165, 1.54) is 58.3 Å². The predicted molar refractivity (Wildman–Crippen MR) is 128 cm³/mol. The van der Waals surface area contributed by atoms with Gasteiger partial charge in [-0.2, -0.15) is 0 Å². The van der Waals surface area contributed by atoms with Crippen LogP contribution in [0.1, 0.15) is 42.3 Å². The first-order chi connectivity index (χ1) is 15.8. The molecule has 0 atom stereocenters. The number of halogens is 1. The summed E-state index contributed by atoms with van der Waals surface area (Å²) in [7, 11) is 0. The van der Waals surface area contributed by atoms with E-state index in [0.29, 0.717) is 12.0 Å². The maximum absolute atomic E-state index is 4.95. The second-order valence-electron chi connectivity index (χ2n) is 8.66. The van der Waals surface area contributed by atoms with Crippen LogP contribution < -0.4 is 21.2 Å². The summed E-state index contributed by atoms with van der Waals surface area (Å²) in [6.07, 6.45) is 3.61. The van der Waals surface area contributed by atoms with E-state index in [1.807, 2.05) is 0 Å². The van der Waals surface area contributed by atoms with E-state index in [0.717, 1.165) is 6.54 Å². The first-order valence-electron chi connectivity index (χ1n) is 11.6. The second-order valence-corrected chi connectivity index (χ2v) is 10.7. The summed E-state index contributed by atoms with van der Waals surface area (Å²) in [6.45, 7) is 3.50. The zero-order chi connectivity index (χ0) is 21.8. The fourth-order valence-corrected chi connectivity index (χ4v) is 6.78. The van der Waals surface area contributed by atoms with Gasteiger partial charge in [0.1, 0.15) is 0 Å². The molecule has 0 spiro atoms. The molecule has 32 heavy (non-hydrogen) atoms. The van der Waals surface area contributed by atoms with Gasteiger partial charge in [-0.15, -0.1) is 0 Å². The first-order valence-corrected chi connectivity index (χ1v) is 14.9. The molecular weight excluding hydrogens is 505 g/mol. The zero-order valence-electron chi connectivity index (χ0n) is 18.7. The van der Waals surface area contributed by atoms with Crippen LogP contribution in [0.25, 0.3) is 11.0 Å². The first kappa shape index (κ1) is 21.7. The normalized spacial score (nSPS) is 15.7. The average Bonchev–Trinajstić information content (AvgIpc) is 3.25. The molecule has 1 aliphatic heterocycles. The number of alkyl halides is 1. The predicted octanol–water partition coefficient (Wildman–Crippen LogP) is 2.78. The molecule has 1 aliphatic rings. The Morgan fingerprint density at radius 3 is 2.06 bits per heavy atom. The Bertz CT molecular complexity index is 1090. The molecule has 0 amide bonds. The van der Waals surface area contributed by atoms with Crippen molar-refractivity contribution in [2.45, 2.75) is 31.2 Å². The summed E-state index contributed by atoms with van der Waals surface area (Å²) in [4.78, 5) is 9.96. The zero-order valence-corrected chi connectivity index (χ0v) is 20.9. The Kier molecular flexibility index (Phi) is 6.89. The molecule has 3 aromatic carbocycles. The molecule has 0 N–H and O–H groups in total. The summed E-state index contributed by atoms with van der Waals surface area (Å²) in [5, 5.41) is 0. The summed E-state index contributed by atoms with van der Waals surface area (Å²) < 4.78 is 3.92. The van der Waals surface area contributed by atoms with E-state index in [9.17, 15) is 0 Å². The molecule has 4 heteroatoms. The molecule has 3 nitrogen and oxygen atoms in total. The Morgan fingerprint density at radius 2 is 1.44 bits per heavy atom. The quantitative estimate of drug-likeness (QED) is 0.268. The summed E-state index contributed by atoms with van der Waals surface area (Å²) in [6, 6.07) is 31.3. The van der Waals surface area contributed by atoms with Crippen molar-refractivity contribution in [3.8, 4) is 0 Å². The van der Waals surface area contributed by atoms with Crippen molar-refractivity contribution in [3.05, 3.63) is 99.9 Å². The molecule has 0 aliphatic carbocycles. The molecule has 2 heterocycles. The van der Waals surface area contributed by atoms with Crippen LogP contribution in [0, 0.1) is 3.83 Å². The van der Waals surface area contributed by atoms with Crippen molar-refractivity contribution in [2.75, 3.05) is 24.6 Å². The monoisotopic (exact) mass is 536 g/mol. The fourth-order valence-electron chi connectivity index (χ4n) is 5.11. The van der Waals surface area contributed by atoms with Gasteiger partial charge < -0.3 is 0 Å². The van der Waals surface area contributed by atoms with Crippen molar-refractivity contribution in [1.29, 1.82) is 0 Å². The maximum atomic E-state index is 4.95. The van der Waals surface area contributed by atoms with Crippen LogP contribution >= 0.6 is 0 Å². The van der Waals surface area contributed by atoms with Crippen molar-refractivity contribution < 1.29 is 21.2 Å². The number of para-hydroxylation sites is 2. The minimum atomic E-state index is -0.0289. The number of nitrogens with zero attached hydrogens (tertiary/aromatic N) is 3. The van der Waals surface area contributed by atoms with Gasteiger partial charge in [0.2, 0.25) is 0 Å². The van der Waals surface area contributed by atoms with E-state index < -0.39 is 0 Å². The van der Waals surface area contributed by atoms with Gasteiger partial charge in [-0.1, -0.05) is 12.1 Å². The molecule has 1 aromatic heterocycles. The molecule has 1 saturated heterocycles. The molecule has 1 fully saturated rings. The number of aromatic nitrogens is 2. The van der Waals surface area contributed by atoms with Crippen LogP contribution in [0.3, 0.4) is 0 Å². The van der Waals surface area contributed by atoms with Gasteiger partial charge in [0.25, 0.3) is 0 Å². The van der Waals surface area contributed by atoms with E-state index in [1.54, 1.807) is 0 Å². The molecule has 0 bridgehead atoms. The fraction of sp³-hybridized carbons (Fsp3) is 0.321. The van der Waals surface area contributed by atoms with Crippen LogP contribution in [0.5, 0.6) is 0 Å². The number of benzene rings is 3. The average molecular weight is 536 g/mol. The topological polar surface area (TPSA) is 21.1 Å². The molecular formula is C28H31IN3-.